The van der Waals surface area contributed by atoms with E-state index in [2.05, 4.69) is 36.2 Å². The highest BCUT2D eigenvalue weighted by molar-refractivity contribution is 5.85. The van der Waals surface area contributed by atoms with E-state index in [1.165, 1.54) is 7.11 Å². The third kappa shape index (κ3) is 4.60. The number of likely N-dealkylation sites (tertiary alicyclic amines) is 1. The minimum atomic E-state index is -0.147. The van der Waals surface area contributed by atoms with Crippen molar-refractivity contribution in [1.82, 2.24) is 15.2 Å². The van der Waals surface area contributed by atoms with Gasteiger partial charge >= 0.3 is 5.97 Å². The standard InChI is InChI=1S/C22H31N5O2/c1-6-23-22(27-13-15(2)18(14-27)21(28)29-5)24-12-16-11-20(26(3)4)25-19-10-8-7-9-17(16)19/h7-11,15,18H,6,12-14H2,1-5H3,(H,23,24). The average Bonchev–Trinajstić information content (AvgIpc) is 3.11. The molecule has 29 heavy (non-hydrogen) atoms. The van der Waals surface area contributed by atoms with Crippen LogP contribution in [0.2, 0.25) is 0 Å². The molecule has 1 aromatic carbocycles. The molecule has 7 nitrogen and oxygen atoms in total. The summed E-state index contributed by atoms with van der Waals surface area (Å²) in [6, 6.07) is 10.2. The van der Waals surface area contributed by atoms with Crippen LogP contribution in [0.25, 0.3) is 10.9 Å². The number of esters is 1. The molecule has 1 saturated heterocycles. The fourth-order valence-corrected chi connectivity index (χ4v) is 3.78. The van der Waals surface area contributed by atoms with Crippen LogP contribution in [0, 0.1) is 11.8 Å². The lowest BCUT2D eigenvalue weighted by atomic mass is 9.99. The van der Waals surface area contributed by atoms with Crippen molar-refractivity contribution in [2.24, 2.45) is 16.8 Å². The SMILES string of the molecule is CCNC(=NCc1cc(N(C)C)nc2ccccc12)N1CC(C)C(C(=O)OC)C1. The molecule has 0 amide bonds. The number of nitrogens with one attached hydrogen (secondary N) is 1. The van der Waals surface area contributed by atoms with E-state index >= 15 is 0 Å². The number of hydrogen-bond donors (Lipinski definition) is 1. The monoisotopic (exact) mass is 397 g/mol. The van der Waals surface area contributed by atoms with Gasteiger partial charge in [-0.3, -0.25) is 4.79 Å². The summed E-state index contributed by atoms with van der Waals surface area (Å²) in [4.78, 5) is 25.9. The molecule has 0 radical (unpaired) electrons. The van der Waals surface area contributed by atoms with Gasteiger partial charge in [0, 0.05) is 39.1 Å². The predicted octanol–water partition coefficient (Wildman–Crippen LogP) is 2.51. The van der Waals surface area contributed by atoms with Gasteiger partial charge in [0.25, 0.3) is 0 Å². The van der Waals surface area contributed by atoms with Crippen molar-refractivity contribution in [2.45, 2.75) is 20.4 Å². The number of methoxy groups -OCH3 is 1. The van der Waals surface area contributed by atoms with Crippen LogP contribution in [0.3, 0.4) is 0 Å². The highest BCUT2D eigenvalue weighted by atomic mass is 16.5. The third-order valence-corrected chi connectivity index (χ3v) is 5.40. The minimum absolute atomic E-state index is 0.119. The molecule has 0 saturated carbocycles. The number of carbonyl (C=O) groups is 1. The van der Waals surface area contributed by atoms with Gasteiger partial charge in [0.1, 0.15) is 5.82 Å². The van der Waals surface area contributed by atoms with E-state index in [9.17, 15) is 4.79 Å². The number of nitrogens with zero attached hydrogens (tertiary/aromatic N) is 4. The number of aromatic nitrogens is 1. The third-order valence-electron chi connectivity index (χ3n) is 5.40. The van der Waals surface area contributed by atoms with Crippen molar-refractivity contribution in [3.63, 3.8) is 0 Å². The zero-order valence-electron chi connectivity index (χ0n) is 18.0. The van der Waals surface area contributed by atoms with Gasteiger partial charge in [-0.05, 0) is 30.5 Å². The molecule has 3 rings (SSSR count). The lowest BCUT2D eigenvalue weighted by Gasteiger charge is -2.22. The molecule has 2 aromatic rings. The van der Waals surface area contributed by atoms with E-state index in [0.717, 1.165) is 41.3 Å². The van der Waals surface area contributed by atoms with Gasteiger partial charge in [-0.2, -0.15) is 0 Å². The second-order valence-corrected chi connectivity index (χ2v) is 7.73. The van der Waals surface area contributed by atoms with Crippen molar-refractivity contribution in [3.05, 3.63) is 35.9 Å². The van der Waals surface area contributed by atoms with Gasteiger partial charge in [0.05, 0.1) is 25.1 Å². The Bertz CT molecular complexity index is 896. The van der Waals surface area contributed by atoms with Gasteiger partial charge in [-0.15, -0.1) is 0 Å². The Kier molecular flexibility index (Phi) is 6.56. The molecule has 2 unspecified atom stereocenters. The molecule has 1 aromatic heterocycles. The topological polar surface area (TPSA) is 70.1 Å². The number of carbonyl (C=O) groups excluding carboxylic acids is 1. The second-order valence-electron chi connectivity index (χ2n) is 7.73. The minimum Gasteiger partial charge on any atom is -0.469 e. The summed E-state index contributed by atoms with van der Waals surface area (Å²) < 4.78 is 4.97. The fourth-order valence-electron chi connectivity index (χ4n) is 3.78. The first kappa shape index (κ1) is 20.9. The molecule has 1 N–H and O–H groups in total. The van der Waals surface area contributed by atoms with Gasteiger partial charge < -0.3 is 19.9 Å². The number of ether oxygens (including phenoxy) is 1. The van der Waals surface area contributed by atoms with Crippen LogP contribution in [-0.4, -0.2) is 62.7 Å². The Morgan fingerprint density at radius 2 is 2.10 bits per heavy atom. The van der Waals surface area contributed by atoms with Crippen LogP contribution < -0.4 is 10.2 Å². The van der Waals surface area contributed by atoms with E-state index in [4.69, 9.17) is 14.7 Å². The van der Waals surface area contributed by atoms with Gasteiger partial charge in [-0.1, -0.05) is 25.1 Å². The Labute approximate surface area is 172 Å². The molecule has 0 aliphatic carbocycles. The molecule has 156 valence electrons. The van der Waals surface area contributed by atoms with E-state index in [1.807, 2.05) is 37.2 Å². The Morgan fingerprint density at radius 3 is 2.79 bits per heavy atom. The number of fused-ring (bicyclic) bond motifs is 1. The Balaban J connectivity index is 1.89. The average molecular weight is 398 g/mol. The summed E-state index contributed by atoms with van der Waals surface area (Å²) in [5.41, 5.74) is 2.10. The molecule has 2 atom stereocenters. The van der Waals surface area contributed by atoms with Crippen molar-refractivity contribution in [1.29, 1.82) is 0 Å². The highest BCUT2D eigenvalue weighted by Gasteiger charge is 2.36. The number of rotatable bonds is 5. The summed E-state index contributed by atoms with van der Waals surface area (Å²) in [6.07, 6.45) is 0. The van der Waals surface area contributed by atoms with Crippen molar-refractivity contribution in [2.75, 3.05) is 45.7 Å². The second kappa shape index (κ2) is 9.11. The van der Waals surface area contributed by atoms with Gasteiger partial charge in [-0.25, -0.2) is 9.98 Å². The van der Waals surface area contributed by atoms with Gasteiger partial charge in [0.2, 0.25) is 0 Å². The molecule has 7 heteroatoms. The molecule has 1 aliphatic heterocycles. The zero-order chi connectivity index (χ0) is 21.0. The first-order valence-corrected chi connectivity index (χ1v) is 10.1. The summed E-state index contributed by atoms with van der Waals surface area (Å²) in [5.74, 6) is 1.71. The van der Waals surface area contributed by atoms with Crippen LogP contribution in [0.1, 0.15) is 19.4 Å². The van der Waals surface area contributed by atoms with Crippen LogP contribution in [0.5, 0.6) is 0 Å². The smallest absolute Gasteiger partial charge is 0.310 e. The number of anilines is 1. The number of aliphatic imine (C=N–C) groups is 1. The van der Waals surface area contributed by atoms with E-state index in [-0.39, 0.29) is 17.8 Å². The highest BCUT2D eigenvalue weighted by Crippen LogP contribution is 2.25. The lowest BCUT2D eigenvalue weighted by molar-refractivity contribution is -0.145. The number of pyridine rings is 1. The van der Waals surface area contributed by atoms with Crippen molar-refractivity contribution in [3.8, 4) is 0 Å². The first-order valence-electron chi connectivity index (χ1n) is 10.1. The van der Waals surface area contributed by atoms with E-state index in [1.54, 1.807) is 0 Å². The summed E-state index contributed by atoms with van der Waals surface area (Å²) in [6.45, 7) is 6.86. The number of hydrogen-bond acceptors (Lipinski definition) is 5. The van der Waals surface area contributed by atoms with E-state index < -0.39 is 0 Å². The van der Waals surface area contributed by atoms with Crippen molar-refractivity contribution < 1.29 is 9.53 Å². The maximum absolute atomic E-state index is 12.1. The number of benzene rings is 1. The molecule has 2 heterocycles. The molecule has 0 spiro atoms. The fraction of sp³-hybridized carbons (Fsp3) is 0.500. The maximum atomic E-state index is 12.1. The molecule has 1 aliphatic rings. The summed E-state index contributed by atoms with van der Waals surface area (Å²) in [5, 5.41) is 4.49. The number of para-hydroxylation sites is 1. The van der Waals surface area contributed by atoms with E-state index in [0.29, 0.717) is 13.1 Å². The molecular weight excluding hydrogens is 366 g/mol. The normalized spacial score (nSPS) is 19.5. The Morgan fingerprint density at radius 1 is 1.34 bits per heavy atom. The summed E-state index contributed by atoms with van der Waals surface area (Å²) in [7, 11) is 5.44. The van der Waals surface area contributed by atoms with Crippen LogP contribution in [-0.2, 0) is 16.1 Å². The molecule has 0 bridgehead atoms. The van der Waals surface area contributed by atoms with Gasteiger partial charge in [0.15, 0.2) is 5.96 Å². The Hall–Kier alpha value is -2.83. The van der Waals surface area contributed by atoms with Crippen molar-refractivity contribution >= 4 is 28.6 Å². The predicted molar refractivity (Wildman–Crippen MR) is 117 cm³/mol. The van der Waals surface area contributed by atoms with Crippen LogP contribution >= 0.6 is 0 Å². The maximum Gasteiger partial charge on any atom is 0.310 e. The number of guanidine groups is 1. The molecular formula is C22H31N5O2. The van der Waals surface area contributed by atoms with Crippen LogP contribution in [0.15, 0.2) is 35.3 Å². The quantitative estimate of drug-likeness (QED) is 0.475. The lowest BCUT2D eigenvalue weighted by Crippen LogP contribution is -2.40. The zero-order valence-corrected chi connectivity index (χ0v) is 18.0. The first-order chi connectivity index (χ1) is 13.9. The summed E-state index contributed by atoms with van der Waals surface area (Å²) >= 11 is 0. The van der Waals surface area contributed by atoms with Crippen LogP contribution in [0.4, 0.5) is 5.82 Å². The molecule has 1 fully saturated rings. The largest absolute Gasteiger partial charge is 0.469 e.